The Morgan fingerprint density at radius 3 is 1.68 bits per heavy atom. The van der Waals surface area contributed by atoms with Crippen LogP contribution in [0.3, 0.4) is 0 Å². The number of hydrogen-bond acceptors (Lipinski definition) is 5. The molecule has 3 aromatic rings. The van der Waals surface area contributed by atoms with Crippen LogP contribution in [-0.4, -0.2) is 27.3 Å². The SMILES string of the molecule is CCc1c(O)cc(Br)c(C2(c3c(Br)cc(O)c(CC)c3CC)OC(=O)c3cccc(C(=O)O)c32)c1CC. The molecule has 37 heavy (non-hydrogen) atoms. The van der Waals surface area contributed by atoms with E-state index in [0.717, 1.165) is 11.1 Å². The Hall–Kier alpha value is -2.84. The van der Waals surface area contributed by atoms with E-state index in [2.05, 4.69) is 31.9 Å². The van der Waals surface area contributed by atoms with Gasteiger partial charge in [-0.05, 0) is 72.2 Å². The molecule has 0 saturated carbocycles. The molecule has 0 radical (unpaired) electrons. The van der Waals surface area contributed by atoms with Gasteiger partial charge in [0, 0.05) is 25.6 Å². The van der Waals surface area contributed by atoms with Gasteiger partial charge in [0.25, 0.3) is 0 Å². The molecule has 6 nitrogen and oxygen atoms in total. The fraction of sp³-hybridized carbons (Fsp3) is 0.310. The summed E-state index contributed by atoms with van der Waals surface area (Å²) in [6, 6.07) is 7.73. The second-order valence-corrected chi connectivity index (χ2v) is 10.6. The van der Waals surface area contributed by atoms with E-state index in [4.69, 9.17) is 4.74 Å². The highest BCUT2D eigenvalue weighted by atomic mass is 79.9. The van der Waals surface area contributed by atoms with Gasteiger partial charge in [-0.3, -0.25) is 0 Å². The summed E-state index contributed by atoms with van der Waals surface area (Å²) in [6.45, 7) is 7.75. The molecule has 0 saturated heterocycles. The lowest BCUT2D eigenvalue weighted by molar-refractivity contribution is 0.0236. The van der Waals surface area contributed by atoms with Crippen LogP contribution >= 0.6 is 31.9 Å². The number of fused-ring (bicyclic) bond motifs is 1. The third kappa shape index (κ3) is 3.96. The number of carboxylic acid groups (broad SMARTS) is 1. The maximum atomic E-state index is 13.5. The summed E-state index contributed by atoms with van der Waals surface area (Å²) in [4.78, 5) is 26.1. The molecule has 1 aliphatic heterocycles. The average Bonchev–Trinajstić information content (AvgIpc) is 3.15. The molecule has 1 heterocycles. The quantitative estimate of drug-likeness (QED) is 0.242. The largest absolute Gasteiger partial charge is 0.508 e. The van der Waals surface area contributed by atoms with E-state index in [1.165, 1.54) is 12.1 Å². The van der Waals surface area contributed by atoms with Crippen LogP contribution in [0, 0.1) is 0 Å². The summed E-state index contributed by atoms with van der Waals surface area (Å²) < 4.78 is 7.35. The summed E-state index contributed by atoms with van der Waals surface area (Å²) in [5, 5.41) is 31.9. The smallest absolute Gasteiger partial charge is 0.340 e. The molecule has 0 unspecified atom stereocenters. The summed E-state index contributed by atoms with van der Waals surface area (Å²) in [6.07, 6.45) is 2.02. The molecule has 194 valence electrons. The van der Waals surface area contributed by atoms with Gasteiger partial charge in [0.15, 0.2) is 5.60 Å². The fourth-order valence-corrected chi connectivity index (χ4v) is 7.26. The minimum absolute atomic E-state index is 0.0523. The van der Waals surface area contributed by atoms with Crippen LogP contribution in [0.4, 0.5) is 0 Å². The molecule has 8 heteroatoms. The van der Waals surface area contributed by atoms with Gasteiger partial charge in [0.1, 0.15) is 11.5 Å². The number of esters is 1. The molecule has 4 rings (SSSR count). The number of aromatic carboxylic acids is 1. The molecule has 0 fully saturated rings. The lowest BCUT2D eigenvalue weighted by Gasteiger charge is -2.37. The Morgan fingerprint density at radius 1 is 0.811 bits per heavy atom. The zero-order valence-corrected chi connectivity index (χ0v) is 24.2. The van der Waals surface area contributed by atoms with Crippen LogP contribution in [0.1, 0.15) is 87.4 Å². The molecule has 0 aromatic heterocycles. The Bertz CT molecular complexity index is 1380. The molecule has 0 amide bonds. The first kappa shape index (κ1) is 27.2. The summed E-state index contributed by atoms with van der Waals surface area (Å²) in [5.41, 5.74) is 2.72. The molecule has 0 bridgehead atoms. The fourth-order valence-electron chi connectivity index (χ4n) is 5.79. The topological polar surface area (TPSA) is 104 Å². The number of hydrogen-bond donors (Lipinski definition) is 3. The van der Waals surface area contributed by atoms with Crippen LogP contribution in [0.25, 0.3) is 0 Å². The first-order chi connectivity index (χ1) is 17.6. The highest BCUT2D eigenvalue weighted by Gasteiger charge is 2.55. The van der Waals surface area contributed by atoms with Crippen molar-refractivity contribution in [1.82, 2.24) is 0 Å². The van der Waals surface area contributed by atoms with Gasteiger partial charge in [-0.2, -0.15) is 0 Å². The highest BCUT2D eigenvalue weighted by Crippen LogP contribution is 2.56. The number of halogens is 2. The monoisotopic (exact) mass is 630 g/mol. The normalized spacial score (nSPS) is 13.9. The molecule has 3 aromatic carbocycles. The van der Waals surface area contributed by atoms with Crippen molar-refractivity contribution < 1.29 is 29.6 Å². The van der Waals surface area contributed by atoms with E-state index < -0.39 is 17.5 Å². The second kappa shape index (κ2) is 10.1. The van der Waals surface area contributed by atoms with Gasteiger partial charge in [-0.15, -0.1) is 0 Å². The Balaban J connectivity index is 2.37. The molecular formula is C29H28Br2O6. The number of phenols is 2. The predicted molar refractivity (Wildman–Crippen MR) is 148 cm³/mol. The van der Waals surface area contributed by atoms with Crippen molar-refractivity contribution in [3.63, 3.8) is 0 Å². The first-order valence-corrected chi connectivity index (χ1v) is 13.8. The number of carbonyl (C=O) groups is 2. The van der Waals surface area contributed by atoms with Gasteiger partial charge >= 0.3 is 11.9 Å². The number of rotatable bonds is 7. The van der Waals surface area contributed by atoms with Crippen molar-refractivity contribution >= 4 is 43.8 Å². The van der Waals surface area contributed by atoms with E-state index in [0.29, 0.717) is 56.9 Å². The van der Waals surface area contributed by atoms with Crippen LogP contribution < -0.4 is 0 Å². The Labute approximate surface area is 232 Å². The molecule has 1 aliphatic rings. The van der Waals surface area contributed by atoms with E-state index >= 15 is 0 Å². The molecular weight excluding hydrogens is 604 g/mol. The zero-order chi connectivity index (χ0) is 27.2. The Kier molecular flexibility index (Phi) is 7.45. The molecule has 3 N–H and O–H groups in total. The lowest BCUT2D eigenvalue weighted by atomic mass is 9.72. The highest BCUT2D eigenvalue weighted by molar-refractivity contribution is 9.10. The van der Waals surface area contributed by atoms with E-state index in [9.17, 15) is 24.9 Å². The van der Waals surface area contributed by atoms with Gasteiger partial charge in [0.05, 0.1) is 11.1 Å². The first-order valence-electron chi connectivity index (χ1n) is 12.3. The van der Waals surface area contributed by atoms with E-state index in [1.807, 2.05) is 27.7 Å². The number of benzene rings is 3. The molecule has 0 spiro atoms. The summed E-state index contributed by atoms with van der Waals surface area (Å²) >= 11 is 7.27. The minimum Gasteiger partial charge on any atom is -0.508 e. The predicted octanol–water partition coefficient (Wildman–Crippen LogP) is 7.03. The second-order valence-electron chi connectivity index (χ2n) is 8.94. The maximum absolute atomic E-state index is 13.5. The number of carboxylic acids is 1. The van der Waals surface area contributed by atoms with Gasteiger partial charge in [-0.25, -0.2) is 9.59 Å². The summed E-state index contributed by atoms with van der Waals surface area (Å²) in [7, 11) is 0. The van der Waals surface area contributed by atoms with Crippen molar-refractivity contribution in [1.29, 1.82) is 0 Å². The third-order valence-corrected chi connectivity index (χ3v) is 8.44. The van der Waals surface area contributed by atoms with Crippen LogP contribution in [0.15, 0.2) is 39.3 Å². The number of ether oxygens (including phenoxy) is 1. The Morgan fingerprint density at radius 2 is 1.27 bits per heavy atom. The van der Waals surface area contributed by atoms with E-state index in [1.54, 1.807) is 18.2 Å². The summed E-state index contributed by atoms with van der Waals surface area (Å²) in [5.74, 6) is -1.61. The average molecular weight is 632 g/mol. The minimum atomic E-state index is -1.66. The van der Waals surface area contributed by atoms with Crippen molar-refractivity contribution in [2.45, 2.75) is 59.0 Å². The maximum Gasteiger partial charge on any atom is 0.340 e. The number of aromatic hydroxyl groups is 2. The molecule has 0 aliphatic carbocycles. The van der Waals surface area contributed by atoms with Gasteiger partial charge in [-0.1, -0.05) is 65.6 Å². The third-order valence-electron chi connectivity index (χ3n) is 7.19. The molecule has 0 atom stereocenters. The van der Waals surface area contributed by atoms with Crippen molar-refractivity contribution in [2.24, 2.45) is 0 Å². The van der Waals surface area contributed by atoms with Crippen molar-refractivity contribution in [2.75, 3.05) is 0 Å². The van der Waals surface area contributed by atoms with Crippen molar-refractivity contribution in [3.8, 4) is 11.5 Å². The number of phenolic OH excluding ortho intramolecular Hbond substituents is 2. The number of cyclic esters (lactones) is 1. The van der Waals surface area contributed by atoms with Crippen LogP contribution in [0.5, 0.6) is 11.5 Å². The van der Waals surface area contributed by atoms with Crippen molar-refractivity contribution in [3.05, 3.63) is 89.3 Å². The van der Waals surface area contributed by atoms with Gasteiger partial charge < -0.3 is 20.1 Å². The van der Waals surface area contributed by atoms with Crippen LogP contribution in [-0.2, 0) is 36.0 Å². The van der Waals surface area contributed by atoms with E-state index in [-0.39, 0.29) is 28.2 Å². The van der Waals surface area contributed by atoms with Crippen LogP contribution in [0.2, 0.25) is 0 Å². The zero-order valence-electron chi connectivity index (χ0n) is 21.0. The number of carbonyl (C=O) groups excluding carboxylic acids is 1. The lowest BCUT2D eigenvalue weighted by Crippen LogP contribution is -2.35. The van der Waals surface area contributed by atoms with Gasteiger partial charge in [0.2, 0.25) is 0 Å². The standard InChI is InChI=1S/C29H28Br2O6/c1-5-14-16(7-3)25(20(30)12-22(14)32)29(26-17(8-4)15(6-2)23(33)13-21(26)31)24-18(27(34)35)10-9-11-19(24)28(36)37-29/h9-13,32-33H,5-8H2,1-4H3,(H,34,35).